The predicted octanol–water partition coefficient (Wildman–Crippen LogP) is 4.12. The van der Waals surface area contributed by atoms with Crippen molar-refractivity contribution < 1.29 is 9.53 Å². The van der Waals surface area contributed by atoms with E-state index in [2.05, 4.69) is 19.1 Å². The number of fused-ring (bicyclic) bond motifs is 1. The maximum absolute atomic E-state index is 12.6. The van der Waals surface area contributed by atoms with Gasteiger partial charge in [0.05, 0.1) is 13.2 Å². The smallest absolute Gasteiger partial charge is 0.165 e. The molecule has 0 aromatic heterocycles. The van der Waals surface area contributed by atoms with Crippen LogP contribution in [0.25, 0.3) is 0 Å². The number of rotatable bonds is 3. The Hall–Kier alpha value is -1.15. The average Bonchev–Trinajstić information content (AvgIpc) is 2.94. The van der Waals surface area contributed by atoms with Crippen LogP contribution in [0.2, 0.25) is 0 Å². The Labute approximate surface area is 115 Å². The number of hydrogen-bond donors (Lipinski definition) is 0. The van der Waals surface area contributed by atoms with Crippen LogP contribution in [-0.2, 0) is 18.0 Å². The normalized spacial score (nSPS) is 26.2. The van der Waals surface area contributed by atoms with Crippen LogP contribution in [0.15, 0.2) is 18.2 Å². The molecular weight excluding hydrogens is 236 g/mol. The second kappa shape index (κ2) is 5.46. The molecule has 2 heteroatoms. The maximum atomic E-state index is 12.6. The van der Waals surface area contributed by atoms with Gasteiger partial charge in [-0.25, -0.2) is 0 Å². The molecule has 0 radical (unpaired) electrons. The molecule has 19 heavy (non-hydrogen) atoms. The molecule has 1 saturated carbocycles. The minimum Gasteiger partial charge on any atom is -0.372 e. The van der Waals surface area contributed by atoms with Gasteiger partial charge < -0.3 is 4.74 Å². The summed E-state index contributed by atoms with van der Waals surface area (Å²) >= 11 is 0. The van der Waals surface area contributed by atoms with Gasteiger partial charge in [-0.2, -0.15) is 0 Å². The van der Waals surface area contributed by atoms with Gasteiger partial charge >= 0.3 is 0 Å². The Kier molecular flexibility index (Phi) is 3.69. The molecule has 2 nitrogen and oxygen atoms in total. The van der Waals surface area contributed by atoms with Crippen molar-refractivity contribution in [2.45, 2.75) is 52.2 Å². The van der Waals surface area contributed by atoms with Crippen molar-refractivity contribution in [2.24, 2.45) is 11.8 Å². The highest BCUT2D eigenvalue weighted by Gasteiger charge is 2.27. The first-order valence-corrected chi connectivity index (χ1v) is 7.51. The first-order chi connectivity index (χ1) is 9.28. The molecule has 102 valence electrons. The summed E-state index contributed by atoms with van der Waals surface area (Å²) in [5, 5.41) is 0. The number of carbonyl (C=O) groups is 1. The molecule has 1 fully saturated rings. The molecule has 0 amide bonds. The van der Waals surface area contributed by atoms with Gasteiger partial charge in [0.2, 0.25) is 0 Å². The van der Waals surface area contributed by atoms with Crippen molar-refractivity contribution in [2.75, 3.05) is 0 Å². The molecule has 1 heterocycles. The number of benzene rings is 1. The van der Waals surface area contributed by atoms with Crippen molar-refractivity contribution in [1.29, 1.82) is 0 Å². The highest BCUT2D eigenvalue weighted by molar-refractivity contribution is 5.98. The molecule has 1 aliphatic heterocycles. The van der Waals surface area contributed by atoms with E-state index in [-0.39, 0.29) is 5.92 Å². The van der Waals surface area contributed by atoms with Crippen molar-refractivity contribution in [1.82, 2.24) is 0 Å². The van der Waals surface area contributed by atoms with Crippen molar-refractivity contribution in [3.05, 3.63) is 34.9 Å². The van der Waals surface area contributed by atoms with Crippen molar-refractivity contribution in [3.8, 4) is 0 Å². The zero-order valence-corrected chi connectivity index (χ0v) is 11.7. The van der Waals surface area contributed by atoms with Crippen LogP contribution in [0, 0.1) is 11.8 Å². The lowest BCUT2D eigenvalue weighted by Crippen LogP contribution is -2.23. The molecule has 1 aromatic carbocycles. The summed E-state index contributed by atoms with van der Waals surface area (Å²) in [6.45, 7) is 3.61. The van der Waals surface area contributed by atoms with E-state index in [4.69, 9.17) is 4.74 Å². The lowest BCUT2D eigenvalue weighted by molar-refractivity contribution is 0.0862. The van der Waals surface area contributed by atoms with Crippen molar-refractivity contribution >= 4 is 5.78 Å². The maximum Gasteiger partial charge on any atom is 0.165 e. The number of hydrogen-bond acceptors (Lipinski definition) is 2. The van der Waals surface area contributed by atoms with Gasteiger partial charge in [0.15, 0.2) is 5.78 Å². The Bertz CT molecular complexity index is 478. The predicted molar refractivity (Wildman–Crippen MR) is 75.0 cm³/mol. The molecule has 2 unspecified atom stereocenters. The summed E-state index contributed by atoms with van der Waals surface area (Å²) in [5.41, 5.74) is 3.34. The lowest BCUT2D eigenvalue weighted by atomic mass is 9.77. The number of ketones is 1. The van der Waals surface area contributed by atoms with E-state index in [0.29, 0.717) is 19.0 Å². The highest BCUT2D eigenvalue weighted by atomic mass is 16.5. The zero-order valence-electron chi connectivity index (χ0n) is 11.7. The molecule has 1 aliphatic carbocycles. The lowest BCUT2D eigenvalue weighted by Gasteiger charge is -2.27. The fourth-order valence-corrected chi connectivity index (χ4v) is 3.46. The molecular formula is C17H22O2. The molecule has 2 atom stereocenters. The minimum atomic E-state index is 0.249. The molecule has 1 aromatic rings. The van der Waals surface area contributed by atoms with Crippen LogP contribution in [0.1, 0.15) is 60.5 Å². The van der Waals surface area contributed by atoms with E-state index < -0.39 is 0 Å². The van der Waals surface area contributed by atoms with E-state index >= 15 is 0 Å². The van der Waals surface area contributed by atoms with Gasteiger partial charge in [-0.05, 0) is 36.0 Å². The van der Waals surface area contributed by atoms with Gasteiger partial charge in [0, 0.05) is 11.5 Å². The monoisotopic (exact) mass is 258 g/mol. The summed E-state index contributed by atoms with van der Waals surface area (Å²) in [7, 11) is 0. The van der Waals surface area contributed by atoms with E-state index in [1.54, 1.807) is 0 Å². The van der Waals surface area contributed by atoms with Gasteiger partial charge in [0.25, 0.3) is 0 Å². The number of Topliss-reactive ketones (excluding diaryl/α,β-unsaturated/α-hetero) is 1. The van der Waals surface area contributed by atoms with Crippen LogP contribution in [0.5, 0.6) is 0 Å². The van der Waals surface area contributed by atoms with Gasteiger partial charge in [-0.3, -0.25) is 4.79 Å². The topological polar surface area (TPSA) is 26.3 Å². The first kappa shape index (κ1) is 12.9. The third kappa shape index (κ3) is 2.59. The molecule has 0 bridgehead atoms. The van der Waals surface area contributed by atoms with E-state index in [9.17, 15) is 4.79 Å². The van der Waals surface area contributed by atoms with Crippen molar-refractivity contribution in [3.63, 3.8) is 0 Å². The molecule has 0 N–H and O–H groups in total. The summed E-state index contributed by atoms with van der Waals surface area (Å²) in [4.78, 5) is 12.6. The Morgan fingerprint density at radius 3 is 2.95 bits per heavy atom. The SMILES string of the molecule is CCC1CCCC(C(=O)c2ccc3c(c2)COC3)C1. The molecule has 0 saturated heterocycles. The van der Waals surface area contributed by atoms with E-state index in [1.165, 1.54) is 30.4 Å². The fourth-order valence-electron chi connectivity index (χ4n) is 3.46. The third-order valence-corrected chi connectivity index (χ3v) is 4.74. The quantitative estimate of drug-likeness (QED) is 0.762. The van der Waals surface area contributed by atoms with Gasteiger partial charge in [-0.1, -0.05) is 38.3 Å². The van der Waals surface area contributed by atoms with Crippen LogP contribution in [-0.4, -0.2) is 5.78 Å². The minimum absolute atomic E-state index is 0.249. The largest absolute Gasteiger partial charge is 0.372 e. The van der Waals surface area contributed by atoms with E-state index in [1.807, 2.05) is 6.07 Å². The average molecular weight is 258 g/mol. The molecule has 2 aliphatic rings. The highest BCUT2D eigenvalue weighted by Crippen LogP contribution is 2.33. The van der Waals surface area contributed by atoms with E-state index in [0.717, 1.165) is 24.3 Å². The zero-order chi connectivity index (χ0) is 13.2. The second-order valence-corrected chi connectivity index (χ2v) is 5.98. The van der Waals surface area contributed by atoms with Crippen LogP contribution in [0.3, 0.4) is 0 Å². The summed E-state index contributed by atoms with van der Waals surface area (Å²) in [5.74, 6) is 1.35. The van der Waals surface area contributed by atoms with Gasteiger partial charge in [-0.15, -0.1) is 0 Å². The fraction of sp³-hybridized carbons (Fsp3) is 0.588. The number of carbonyl (C=O) groups excluding carboxylic acids is 1. The molecule has 3 rings (SSSR count). The standard InChI is InChI=1S/C17H22O2/c1-2-12-4-3-5-13(8-12)17(18)14-6-7-15-10-19-11-16(15)9-14/h6-7,9,12-13H,2-5,8,10-11H2,1H3. The summed E-state index contributed by atoms with van der Waals surface area (Å²) < 4.78 is 5.42. The summed E-state index contributed by atoms with van der Waals surface area (Å²) in [6, 6.07) is 6.11. The van der Waals surface area contributed by atoms with Crippen LogP contribution < -0.4 is 0 Å². The molecule has 0 spiro atoms. The first-order valence-electron chi connectivity index (χ1n) is 7.51. The number of ether oxygens (including phenoxy) is 1. The Morgan fingerprint density at radius 1 is 1.26 bits per heavy atom. The van der Waals surface area contributed by atoms with Crippen LogP contribution in [0.4, 0.5) is 0 Å². The second-order valence-electron chi connectivity index (χ2n) is 5.98. The Morgan fingerprint density at radius 2 is 2.11 bits per heavy atom. The Balaban J connectivity index is 1.76. The summed E-state index contributed by atoms with van der Waals surface area (Å²) in [6.07, 6.45) is 5.88. The van der Waals surface area contributed by atoms with Crippen LogP contribution >= 0.6 is 0 Å². The van der Waals surface area contributed by atoms with Gasteiger partial charge in [0.1, 0.15) is 0 Å². The third-order valence-electron chi connectivity index (χ3n) is 4.74.